The van der Waals surface area contributed by atoms with Gasteiger partial charge in [0.05, 0.1) is 13.2 Å². The predicted molar refractivity (Wildman–Crippen MR) is 70.9 cm³/mol. The Kier molecular flexibility index (Phi) is 5.01. The van der Waals surface area contributed by atoms with Crippen molar-refractivity contribution in [2.24, 2.45) is 0 Å². The fraction of sp³-hybridized carbons (Fsp3) is 0.571. The topological polar surface area (TPSA) is 27.7 Å². The maximum atomic E-state index is 5.92. The fourth-order valence-corrected chi connectivity index (χ4v) is 2.40. The Hall–Kier alpha value is -0.610. The molecular formula is C14H19ClO3. The number of hydrogen-bond acceptors (Lipinski definition) is 3. The molecule has 2 rings (SSSR count). The zero-order valence-electron chi connectivity index (χ0n) is 10.7. The third kappa shape index (κ3) is 2.86. The van der Waals surface area contributed by atoms with E-state index in [0.717, 1.165) is 18.4 Å². The summed E-state index contributed by atoms with van der Waals surface area (Å²) in [4.78, 5) is 0. The molecule has 0 aliphatic carbocycles. The minimum Gasteiger partial charge on any atom is -0.374 e. The van der Waals surface area contributed by atoms with Crippen LogP contribution in [0, 0.1) is 0 Å². The van der Waals surface area contributed by atoms with Gasteiger partial charge in [0.25, 0.3) is 0 Å². The Morgan fingerprint density at radius 1 is 1.39 bits per heavy atom. The minimum atomic E-state index is -0.793. The number of hydrogen-bond donors (Lipinski definition) is 0. The molecule has 1 aromatic carbocycles. The van der Waals surface area contributed by atoms with Gasteiger partial charge >= 0.3 is 0 Å². The summed E-state index contributed by atoms with van der Waals surface area (Å²) >= 11 is 5.63. The number of alkyl halides is 1. The molecule has 1 unspecified atom stereocenters. The second kappa shape index (κ2) is 6.53. The summed E-state index contributed by atoms with van der Waals surface area (Å²) in [6.07, 6.45) is 2.01. The molecule has 4 heteroatoms. The maximum absolute atomic E-state index is 5.92. The lowest BCUT2D eigenvalue weighted by Gasteiger charge is -2.32. The van der Waals surface area contributed by atoms with E-state index in [4.69, 9.17) is 25.8 Å². The first-order valence-electron chi connectivity index (χ1n) is 6.23. The van der Waals surface area contributed by atoms with Crippen molar-refractivity contribution in [3.63, 3.8) is 0 Å². The largest absolute Gasteiger partial charge is 0.374 e. The lowest BCUT2D eigenvalue weighted by molar-refractivity contribution is -0.256. The van der Waals surface area contributed by atoms with E-state index in [1.807, 2.05) is 18.2 Å². The number of methoxy groups -OCH3 is 1. The Labute approximate surface area is 113 Å². The molecule has 0 fully saturated rings. The lowest BCUT2D eigenvalue weighted by atomic mass is 9.97. The van der Waals surface area contributed by atoms with E-state index in [1.54, 1.807) is 7.11 Å². The van der Waals surface area contributed by atoms with Crippen molar-refractivity contribution in [2.75, 3.05) is 32.8 Å². The molecule has 0 saturated heterocycles. The standard InChI is InChI=1S/C14H19ClO3/c1-16-14(11-17-10-8-15)13-7-3-2-5-12(13)6-4-9-18-14/h2-3,5,7H,4,6,8-11H2,1H3. The van der Waals surface area contributed by atoms with E-state index < -0.39 is 5.79 Å². The van der Waals surface area contributed by atoms with Gasteiger partial charge in [-0.3, -0.25) is 0 Å². The van der Waals surface area contributed by atoms with Gasteiger partial charge in [0.15, 0.2) is 0 Å². The number of benzene rings is 1. The average molecular weight is 271 g/mol. The van der Waals surface area contributed by atoms with Crippen molar-refractivity contribution in [3.05, 3.63) is 35.4 Å². The van der Waals surface area contributed by atoms with E-state index in [9.17, 15) is 0 Å². The second-order valence-electron chi connectivity index (χ2n) is 4.31. The number of rotatable bonds is 5. The molecule has 1 aromatic rings. The van der Waals surface area contributed by atoms with Crippen LogP contribution in [-0.4, -0.2) is 32.8 Å². The summed E-state index contributed by atoms with van der Waals surface area (Å²) in [5.41, 5.74) is 2.34. The maximum Gasteiger partial charge on any atom is 0.219 e. The van der Waals surface area contributed by atoms with Crippen LogP contribution in [0.1, 0.15) is 17.5 Å². The van der Waals surface area contributed by atoms with Crippen LogP contribution >= 0.6 is 11.6 Å². The number of halogens is 1. The van der Waals surface area contributed by atoms with Crippen molar-refractivity contribution >= 4 is 11.6 Å². The van der Waals surface area contributed by atoms with Gasteiger partial charge in [-0.2, -0.15) is 0 Å². The highest BCUT2D eigenvalue weighted by Crippen LogP contribution is 2.33. The molecule has 0 bridgehead atoms. The Morgan fingerprint density at radius 3 is 3.00 bits per heavy atom. The third-order valence-corrected chi connectivity index (χ3v) is 3.35. The molecule has 100 valence electrons. The van der Waals surface area contributed by atoms with Crippen molar-refractivity contribution in [1.29, 1.82) is 0 Å². The average Bonchev–Trinajstić information content (AvgIpc) is 2.60. The molecule has 0 aromatic heterocycles. The summed E-state index contributed by atoms with van der Waals surface area (Å²) in [7, 11) is 1.66. The van der Waals surface area contributed by atoms with Crippen LogP contribution in [0.4, 0.5) is 0 Å². The van der Waals surface area contributed by atoms with Gasteiger partial charge < -0.3 is 14.2 Å². The lowest BCUT2D eigenvalue weighted by Crippen LogP contribution is -2.37. The van der Waals surface area contributed by atoms with Crippen molar-refractivity contribution < 1.29 is 14.2 Å². The minimum absolute atomic E-state index is 0.368. The molecule has 0 radical (unpaired) electrons. The van der Waals surface area contributed by atoms with Crippen molar-refractivity contribution in [1.82, 2.24) is 0 Å². The zero-order chi connectivity index (χ0) is 12.8. The molecule has 0 amide bonds. The van der Waals surface area contributed by atoms with Crippen LogP contribution in [-0.2, 0) is 26.4 Å². The Balaban J connectivity index is 2.27. The van der Waals surface area contributed by atoms with Crippen LogP contribution in [0.15, 0.2) is 24.3 Å². The third-order valence-electron chi connectivity index (χ3n) is 3.20. The Bertz CT molecular complexity index is 383. The molecule has 1 atom stereocenters. The summed E-state index contributed by atoms with van der Waals surface area (Å²) in [6.45, 7) is 1.54. The molecule has 18 heavy (non-hydrogen) atoms. The van der Waals surface area contributed by atoms with Crippen LogP contribution in [0.2, 0.25) is 0 Å². The van der Waals surface area contributed by atoms with E-state index in [1.165, 1.54) is 5.56 Å². The highest BCUT2D eigenvalue weighted by molar-refractivity contribution is 6.17. The highest BCUT2D eigenvalue weighted by Gasteiger charge is 2.37. The predicted octanol–water partition coefficient (Wildman–Crippen LogP) is 2.70. The molecule has 1 heterocycles. The monoisotopic (exact) mass is 270 g/mol. The number of fused-ring (bicyclic) bond motifs is 1. The van der Waals surface area contributed by atoms with Gasteiger partial charge in [0.2, 0.25) is 5.79 Å². The van der Waals surface area contributed by atoms with Crippen LogP contribution in [0.25, 0.3) is 0 Å². The molecule has 1 aliphatic heterocycles. The fourth-order valence-electron chi connectivity index (χ4n) is 2.30. The van der Waals surface area contributed by atoms with Crippen molar-refractivity contribution in [2.45, 2.75) is 18.6 Å². The molecular weight excluding hydrogens is 252 g/mol. The molecule has 0 saturated carbocycles. The normalized spacial score (nSPS) is 23.4. The van der Waals surface area contributed by atoms with E-state index in [2.05, 4.69) is 6.07 Å². The van der Waals surface area contributed by atoms with Gasteiger partial charge in [-0.15, -0.1) is 11.6 Å². The summed E-state index contributed by atoms with van der Waals surface area (Å²) in [6, 6.07) is 8.22. The van der Waals surface area contributed by atoms with Crippen LogP contribution in [0.3, 0.4) is 0 Å². The molecule has 0 N–H and O–H groups in total. The SMILES string of the molecule is COC1(COCCCl)OCCCc2ccccc21. The van der Waals surface area contributed by atoms with E-state index in [0.29, 0.717) is 25.7 Å². The van der Waals surface area contributed by atoms with Crippen LogP contribution in [0.5, 0.6) is 0 Å². The van der Waals surface area contributed by atoms with Crippen LogP contribution < -0.4 is 0 Å². The number of aryl methyl sites for hydroxylation is 1. The summed E-state index contributed by atoms with van der Waals surface area (Å²) < 4.78 is 17.1. The summed E-state index contributed by atoms with van der Waals surface area (Å²) in [5, 5.41) is 0. The Morgan fingerprint density at radius 2 is 2.22 bits per heavy atom. The zero-order valence-corrected chi connectivity index (χ0v) is 11.4. The van der Waals surface area contributed by atoms with E-state index >= 15 is 0 Å². The smallest absolute Gasteiger partial charge is 0.219 e. The number of ether oxygens (including phenoxy) is 3. The first kappa shape index (κ1) is 13.8. The van der Waals surface area contributed by atoms with Gasteiger partial charge in [0, 0.05) is 18.6 Å². The molecule has 1 aliphatic rings. The first-order valence-corrected chi connectivity index (χ1v) is 6.77. The van der Waals surface area contributed by atoms with Gasteiger partial charge in [-0.25, -0.2) is 0 Å². The highest BCUT2D eigenvalue weighted by atomic mass is 35.5. The van der Waals surface area contributed by atoms with Crippen molar-refractivity contribution in [3.8, 4) is 0 Å². The molecule has 3 nitrogen and oxygen atoms in total. The second-order valence-corrected chi connectivity index (χ2v) is 4.69. The van der Waals surface area contributed by atoms with E-state index in [-0.39, 0.29) is 0 Å². The summed E-state index contributed by atoms with van der Waals surface area (Å²) in [5.74, 6) is -0.319. The first-order chi connectivity index (χ1) is 8.82. The van der Waals surface area contributed by atoms with Gasteiger partial charge in [-0.05, 0) is 18.4 Å². The van der Waals surface area contributed by atoms with Gasteiger partial charge in [-0.1, -0.05) is 24.3 Å². The molecule has 0 spiro atoms. The quantitative estimate of drug-likeness (QED) is 0.608. The van der Waals surface area contributed by atoms with Gasteiger partial charge in [0.1, 0.15) is 6.61 Å².